The Hall–Kier alpha value is -1.64. The lowest BCUT2D eigenvalue weighted by Gasteiger charge is -2.34. The summed E-state index contributed by atoms with van der Waals surface area (Å²) in [6, 6.07) is 9.96. The second-order valence-corrected chi connectivity index (χ2v) is 7.38. The first-order valence-corrected chi connectivity index (χ1v) is 9.20. The quantitative estimate of drug-likeness (QED) is 0.612. The van der Waals surface area contributed by atoms with Gasteiger partial charge in [0.15, 0.2) is 5.11 Å². The Kier molecular flexibility index (Phi) is 7.48. The van der Waals surface area contributed by atoms with Crippen molar-refractivity contribution in [3.8, 4) is 6.07 Å². The number of benzene rings is 1. The number of hydrogen-bond acceptors (Lipinski definition) is 3. The lowest BCUT2D eigenvalue weighted by molar-refractivity contribution is 0.140. The summed E-state index contributed by atoms with van der Waals surface area (Å²) in [6.45, 7) is 9.17. The number of thiocarbonyl (C=S) groups is 1. The van der Waals surface area contributed by atoms with Crippen molar-refractivity contribution in [3.63, 3.8) is 0 Å². The number of anilines is 1. The van der Waals surface area contributed by atoms with Crippen LogP contribution in [0.4, 0.5) is 5.69 Å². The van der Waals surface area contributed by atoms with Crippen LogP contribution in [0, 0.1) is 23.2 Å². The molecule has 0 aliphatic carbocycles. The van der Waals surface area contributed by atoms with E-state index in [1.165, 1.54) is 19.5 Å². The standard InChI is InChI=1S/C19H28N4S/c1-15-12-16(2)14-23(13-15)11-3-10-21-19(24)22-18-6-4-17(5-7-18)8-9-20/h4-7,15-16H,3,8,10-14H2,1-2H3,(H2,21,22,24). The second kappa shape index (κ2) is 9.61. The molecule has 1 aromatic rings. The number of hydrogen-bond donors (Lipinski definition) is 2. The highest BCUT2D eigenvalue weighted by Crippen LogP contribution is 2.20. The van der Waals surface area contributed by atoms with Crippen LogP contribution in [0.2, 0.25) is 0 Å². The topological polar surface area (TPSA) is 51.1 Å². The van der Waals surface area contributed by atoms with Crippen molar-refractivity contribution >= 4 is 23.0 Å². The highest BCUT2D eigenvalue weighted by molar-refractivity contribution is 7.80. The van der Waals surface area contributed by atoms with Crippen LogP contribution in [-0.2, 0) is 6.42 Å². The van der Waals surface area contributed by atoms with Crippen LogP contribution >= 0.6 is 12.2 Å². The van der Waals surface area contributed by atoms with E-state index >= 15 is 0 Å². The normalized spacial score (nSPS) is 21.0. The molecule has 5 heteroatoms. The highest BCUT2D eigenvalue weighted by Gasteiger charge is 2.20. The first-order valence-electron chi connectivity index (χ1n) is 8.80. The van der Waals surface area contributed by atoms with Gasteiger partial charge in [-0.3, -0.25) is 0 Å². The van der Waals surface area contributed by atoms with E-state index in [2.05, 4.69) is 35.5 Å². The zero-order valence-corrected chi connectivity index (χ0v) is 15.5. The van der Waals surface area contributed by atoms with E-state index in [0.717, 1.165) is 42.6 Å². The molecular weight excluding hydrogens is 316 g/mol. The summed E-state index contributed by atoms with van der Waals surface area (Å²) in [4.78, 5) is 2.57. The van der Waals surface area contributed by atoms with E-state index < -0.39 is 0 Å². The molecule has 0 saturated carbocycles. The van der Waals surface area contributed by atoms with E-state index in [4.69, 9.17) is 17.5 Å². The van der Waals surface area contributed by atoms with Crippen LogP contribution in [0.1, 0.15) is 32.3 Å². The first kappa shape index (κ1) is 18.7. The minimum Gasteiger partial charge on any atom is -0.362 e. The molecule has 4 nitrogen and oxygen atoms in total. The molecule has 0 bridgehead atoms. The molecule has 2 unspecified atom stereocenters. The Morgan fingerprint density at radius 3 is 2.54 bits per heavy atom. The number of nitrogens with one attached hydrogen (secondary N) is 2. The third kappa shape index (κ3) is 6.46. The van der Waals surface area contributed by atoms with Gasteiger partial charge in [-0.25, -0.2) is 0 Å². The average molecular weight is 345 g/mol. The van der Waals surface area contributed by atoms with Gasteiger partial charge in [0.05, 0.1) is 12.5 Å². The number of rotatable bonds is 6. The summed E-state index contributed by atoms with van der Waals surface area (Å²) in [5.74, 6) is 1.63. The van der Waals surface area contributed by atoms with E-state index in [-0.39, 0.29) is 0 Å². The zero-order valence-electron chi connectivity index (χ0n) is 14.7. The molecule has 24 heavy (non-hydrogen) atoms. The number of piperidine rings is 1. The van der Waals surface area contributed by atoms with E-state index in [1.807, 2.05) is 24.3 Å². The molecule has 0 spiro atoms. The molecule has 1 saturated heterocycles. The van der Waals surface area contributed by atoms with E-state index in [1.54, 1.807) is 0 Å². The Labute approximate surface area is 151 Å². The van der Waals surface area contributed by atoms with Crippen molar-refractivity contribution in [3.05, 3.63) is 29.8 Å². The van der Waals surface area contributed by atoms with Gasteiger partial charge in [0.1, 0.15) is 0 Å². The summed E-state index contributed by atoms with van der Waals surface area (Å²) < 4.78 is 0. The average Bonchev–Trinajstić information content (AvgIpc) is 2.53. The minimum atomic E-state index is 0.441. The summed E-state index contributed by atoms with van der Waals surface area (Å²) in [5, 5.41) is 15.8. The third-order valence-corrected chi connectivity index (χ3v) is 4.62. The first-order chi connectivity index (χ1) is 11.6. The molecular formula is C19H28N4S. The summed E-state index contributed by atoms with van der Waals surface area (Å²) >= 11 is 5.34. The Morgan fingerprint density at radius 1 is 1.25 bits per heavy atom. The number of likely N-dealkylation sites (tertiary alicyclic amines) is 1. The fourth-order valence-electron chi connectivity index (χ4n) is 3.45. The van der Waals surface area contributed by atoms with Crippen molar-refractivity contribution in [2.24, 2.45) is 11.8 Å². The lowest BCUT2D eigenvalue weighted by Crippen LogP contribution is -2.40. The predicted molar refractivity (Wildman–Crippen MR) is 104 cm³/mol. The van der Waals surface area contributed by atoms with Crippen LogP contribution in [0.5, 0.6) is 0 Å². The van der Waals surface area contributed by atoms with E-state index in [9.17, 15) is 0 Å². The van der Waals surface area contributed by atoms with Crippen molar-refractivity contribution in [2.45, 2.75) is 33.1 Å². The zero-order chi connectivity index (χ0) is 17.4. The molecule has 1 fully saturated rings. The van der Waals surface area contributed by atoms with Crippen molar-refractivity contribution in [1.82, 2.24) is 10.2 Å². The molecule has 1 aliphatic heterocycles. The Balaban J connectivity index is 1.63. The van der Waals surface area contributed by atoms with Gasteiger partial charge >= 0.3 is 0 Å². The summed E-state index contributed by atoms with van der Waals surface area (Å²) in [5.41, 5.74) is 1.97. The molecule has 0 amide bonds. The Morgan fingerprint density at radius 2 is 1.92 bits per heavy atom. The Bertz CT molecular complexity index is 554. The molecule has 1 aliphatic rings. The van der Waals surface area contributed by atoms with Gasteiger partial charge in [-0.2, -0.15) is 5.26 Å². The van der Waals surface area contributed by atoms with Crippen LogP contribution in [0.25, 0.3) is 0 Å². The van der Waals surface area contributed by atoms with Gasteiger partial charge in [-0.05, 0) is 61.1 Å². The van der Waals surface area contributed by atoms with Gasteiger partial charge in [-0.1, -0.05) is 26.0 Å². The van der Waals surface area contributed by atoms with Crippen LogP contribution in [0.15, 0.2) is 24.3 Å². The van der Waals surface area contributed by atoms with Crippen LogP contribution < -0.4 is 10.6 Å². The fourth-order valence-corrected chi connectivity index (χ4v) is 3.67. The lowest BCUT2D eigenvalue weighted by atomic mass is 9.92. The molecule has 2 N–H and O–H groups in total. The SMILES string of the molecule is CC1CC(C)CN(CCCNC(=S)Nc2ccc(CC#N)cc2)C1. The van der Waals surface area contributed by atoms with Crippen LogP contribution in [-0.4, -0.2) is 36.2 Å². The maximum atomic E-state index is 8.68. The fraction of sp³-hybridized carbons (Fsp3) is 0.579. The molecule has 2 rings (SSSR count). The second-order valence-electron chi connectivity index (χ2n) is 6.97. The molecule has 1 aromatic carbocycles. The molecule has 0 aromatic heterocycles. The molecule has 1 heterocycles. The minimum absolute atomic E-state index is 0.441. The smallest absolute Gasteiger partial charge is 0.170 e. The molecule has 0 radical (unpaired) electrons. The third-order valence-electron chi connectivity index (χ3n) is 4.38. The van der Waals surface area contributed by atoms with Gasteiger partial charge in [-0.15, -0.1) is 0 Å². The van der Waals surface area contributed by atoms with E-state index in [0.29, 0.717) is 11.5 Å². The number of nitrogens with zero attached hydrogens (tertiary/aromatic N) is 2. The van der Waals surface area contributed by atoms with Crippen molar-refractivity contribution in [1.29, 1.82) is 5.26 Å². The van der Waals surface area contributed by atoms with Gasteiger partial charge in [0.2, 0.25) is 0 Å². The predicted octanol–water partition coefficient (Wildman–Crippen LogP) is 3.41. The van der Waals surface area contributed by atoms with Crippen molar-refractivity contribution < 1.29 is 0 Å². The number of nitriles is 1. The summed E-state index contributed by atoms with van der Waals surface area (Å²) in [6.07, 6.45) is 2.90. The highest BCUT2D eigenvalue weighted by atomic mass is 32.1. The monoisotopic (exact) mass is 344 g/mol. The molecule has 130 valence electrons. The largest absolute Gasteiger partial charge is 0.362 e. The summed E-state index contributed by atoms with van der Waals surface area (Å²) in [7, 11) is 0. The van der Waals surface area contributed by atoms with Crippen molar-refractivity contribution in [2.75, 3.05) is 31.5 Å². The maximum Gasteiger partial charge on any atom is 0.170 e. The van der Waals surface area contributed by atoms with Gasteiger partial charge in [0, 0.05) is 25.3 Å². The maximum absolute atomic E-state index is 8.68. The van der Waals surface area contributed by atoms with Crippen LogP contribution in [0.3, 0.4) is 0 Å². The van der Waals surface area contributed by atoms with Gasteiger partial charge in [0.25, 0.3) is 0 Å². The van der Waals surface area contributed by atoms with Gasteiger partial charge < -0.3 is 15.5 Å². The molecule has 2 atom stereocenters.